The van der Waals surface area contributed by atoms with E-state index in [-0.39, 0.29) is 12.5 Å². The number of benzene rings is 1. The first-order valence-electron chi connectivity index (χ1n) is 8.61. The summed E-state index contributed by atoms with van der Waals surface area (Å²) in [7, 11) is 0. The van der Waals surface area contributed by atoms with Gasteiger partial charge in [0, 0.05) is 6.54 Å². The monoisotopic (exact) mass is 342 g/mol. The molecule has 0 bridgehead atoms. The molecule has 0 radical (unpaired) electrons. The second kappa shape index (κ2) is 8.41. The highest BCUT2D eigenvalue weighted by molar-refractivity contribution is 5.91. The molecule has 1 amide bonds. The number of esters is 1. The Kier molecular flexibility index (Phi) is 5.77. The fourth-order valence-corrected chi connectivity index (χ4v) is 3.01. The molecule has 0 unspecified atom stereocenters. The van der Waals surface area contributed by atoms with Crippen LogP contribution in [0, 0.1) is 5.92 Å². The Morgan fingerprint density at radius 2 is 1.92 bits per heavy atom. The lowest BCUT2D eigenvalue weighted by Crippen LogP contribution is -2.33. The van der Waals surface area contributed by atoms with Crippen LogP contribution in [-0.4, -0.2) is 39.8 Å². The summed E-state index contributed by atoms with van der Waals surface area (Å²) in [6.45, 7) is 0.416. The van der Waals surface area contributed by atoms with Crippen LogP contribution in [0.25, 0.3) is 5.69 Å². The average molecular weight is 342 g/mol. The van der Waals surface area contributed by atoms with Crippen LogP contribution in [0.5, 0.6) is 0 Å². The van der Waals surface area contributed by atoms with E-state index in [2.05, 4.69) is 15.4 Å². The van der Waals surface area contributed by atoms with E-state index in [0.717, 1.165) is 18.5 Å². The number of amides is 1. The summed E-state index contributed by atoms with van der Waals surface area (Å²) in [6.07, 6.45) is 9.10. The molecule has 1 heterocycles. The number of nitrogens with one attached hydrogen (secondary N) is 1. The van der Waals surface area contributed by atoms with E-state index in [9.17, 15) is 9.59 Å². The highest BCUT2D eigenvalue weighted by Gasteiger charge is 2.15. The van der Waals surface area contributed by atoms with Crippen molar-refractivity contribution >= 4 is 11.9 Å². The largest absolute Gasteiger partial charge is 0.452 e. The third kappa shape index (κ3) is 4.89. The number of carbonyl (C=O) groups is 2. The average Bonchev–Trinajstić information content (AvgIpc) is 3.20. The number of aromatic nitrogens is 3. The Bertz CT molecular complexity index is 692. The fourth-order valence-electron chi connectivity index (χ4n) is 3.01. The van der Waals surface area contributed by atoms with Crippen molar-refractivity contribution in [1.29, 1.82) is 0 Å². The normalized spacial score (nSPS) is 14.9. The van der Waals surface area contributed by atoms with Crippen molar-refractivity contribution in [2.45, 2.75) is 32.1 Å². The van der Waals surface area contributed by atoms with E-state index >= 15 is 0 Å². The molecule has 25 heavy (non-hydrogen) atoms. The van der Waals surface area contributed by atoms with Crippen LogP contribution in [0.15, 0.2) is 36.9 Å². The van der Waals surface area contributed by atoms with Crippen LogP contribution in [0.2, 0.25) is 0 Å². The zero-order chi connectivity index (χ0) is 17.5. The standard InChI is InChI=1S/C18H22N4O3/c23-17(20-10-14-4-2-1-3-5-14)11-25-18(24)15-6-8-16(9-7-15)22-13-19-12-21-22/h6-9,12-14H,1-5,10-11H2,(H,20,23). The van der Waals surface area contributed by atoms with Crippen molar-refractivity contribution < 1.29 is 14.3 Å². The van der Waals surface area contributed by atoms with Gasteiger partial charge in [0.05, 0.1) is 11.3 Å². The number of hydrogen-bond acceptors (Lipinski definition) is 5. The Labute approximate surface area is 146 Å². The van der Waals surface area contributed by atoms with Gasteiger partial charge in [0.15, 0.2) is 6.61 Å². The summed E-state index contributed by atoms with van der Waals surface area (Å²) in [4.78, 5) is 27.7. The number of ether oxygens (including phenoxy) is 1. The quantitative estimate of drug-likeness (QED) is 0.813. The van der Waals surface area contributed by atoms with Gasteiger partial charge in [-0.25, -0.2) is 14.5 Å². The van der Waals surface area contributed by atoms with Gasteiger partial charge in [-0.3, -0.25) is 4.79 Å². The SMILES string of the molecule is O=C(COC(=O)c1ccc(-n2cncn2)cc1)NCC1CCCCC1. The minimum Gasteiger partial charge on any atom is -0.452 e. The van der Waals surface area contributed by atoms with Gasteiger partial charge in [-0.1, -0.05) is 19.3 Å². The van der Waals surface area contributed by atoms with Crippen LogP contribution in [0.3, 0.4) is 0 Å². The minimum atomic E-state index is -0.516. The Hall–Kier alpha value is -2.70. The molecule has 1 aliphatic carbocycles. The molecule has 7 nitrogen and oxygen atoms in total. The van der Waals surface area contributed by atoms with E-state index in [1.54, 1.807) is 35.3 Å². The highest BCUT2D eigenvalue weighted by atomic mass is 16.5. The van der Waals surface area contributed by atoms with Crippen LogP contribution < -0.4 is 5.32 Å². The smallest absolute Gasteiger partial charge is 0.338 e. The molecule has 0 saturated heterocycles. The molecule has 1 saturated carbocycles. The number of rotatable bonds is 6. The molecule has 0 aliphatic heterocycles. The van der Waals surface area contributed by atoms with Crippen molar-refractivity contribution in [2.24, 2.45) is 5.92 Å². The second-order valence-corrected chi connectivity index (χ2v) is 6.27. The van der Waals surface area contributed by atoms with E-state index in [1.807, 2.05) is 0 Å². The topological polar surface area (TPSA) is 86.1 Å². The molecule has 132 valence electrons. The van der Waals surface area contributed by atoms with Crippen molar-refractivity contribution in [1.82, 2.24) is 20.1 Å². The lowest BCUT2D eigenvalue weighted by atomic mass is 9.89. The van der Waals surface area contributed by atoms with Crippen LogP contribution in [0.1, 0.15) is 42.5 Å². The third-order valence-corrected chi connectivity index (χ3v) is 4.43. The lowest BCUT2D eigenvalue weighted by Gasteiger charge is -2.21. The Morgan fingerprint density at radius 1 is 1.16 bits per heavy atom. The molecule has 1 fully saturated rings. The minimum absolute atomic E-state index is 0.252. The van der Waals surface area contributed by atoms with Gasteiger partial charge in [-0.2, -0.15) is 5.10 Å². The molecule has 3 rings (SSSR count). The maximum atomic E-state index is 12.0. The molecule has 1 aliphatic rings. The van der Waals surface area contributed by atoms with Gasteiger partial charge in [-0.05, 0) is 43.0 Å². The highest BCUT2D eigenvalue weighted by Crippen LogP contribution is 2.22. The van der Waals surface area contributed by atoms with E-state index in [1.165, 1.54) is 25.6 Å². The second-order valence-electron chi connectivity index (χ2n) is 6.27. The number of nitrogens with zero attached hydrogens (tertiary/aromatic N) is 3. The first-order valence-corrected chi connectivity index (χ1v) is 8.61. The molecule has 7 heteroatoms. The van der Waals surface area contributed by atoms with E-state index in [4.69, 9.17) is 4.74 Å². The van der Waals surface area contributed by atoms with Crippen LogP contribution >= 0.6 is 0 Å². The van der Waals surface area contributed by atoms with Crippen molar-refractivity contribution in [3.05, 3.63) is 42.5 Å². The first kappa shape index (κ1) is 17.1. The van der Waals surface area contributed by atoms with Gasteiger partial charge in [-0.15, -0.1) is 0 Å². The predicted octanol–water partition coefficient (Wildman–Crippen LogP) is 2.12. The Morgan fingerprint density at radius 3 is 2.60 bits per heavy atom. The van der Waals surface area contributed by atoms with Gasteiger partial charge in [0.25, 0.3) is 5.91 Å². The molecule has 1 N–H and O–H groups in total. The summed E-state index contributed by atoms with van der Waals surface area (Å²) in [5.41, 5.74) is 1.18. The zero-order valence-corrected chi connectivity index (χ0v) is 14.1. The number of carbonyl (C=O) groups excluding carboxylic acids is 2. The van der Waals surface area contributed by atoms with E-state index in [0.29, 0.717) is 18.0 Å². The van der Waals surface area contributed by atoms with Crippen LogP contribution in [0.4, 0.5) is 0 Å². The van der Waals surface area contributed by atoms with Gasteiger partial charge in [0.2, 0.25) is 0 Å². The fraction of sp³-hybridized carbons (Fsp3) is 0.444. The predicted molar refractivity (Wildman–Crippen MR) is 91.2 cm³/mol. The summed E-state index contributed by atoms with van der Waals surface area (Å²) in [6, 6.07) is 6.77. The lowest BCUT2D eigenvalue weighted by molar-refractivity contribution is -0.124. The van der Waals surface area contributed by atoms with Crippen molar-refractivity contribution in [3.63, 3.8) is 0 Å². The maximum absolute atomic E-state index is 12.0. The molecular formula is C18H22N4O3. The van der Waals surface area contributed by atoms with Gasteiger partial charge >= 0.3 is 5.97 Å². The third-order valence-electron chi connectivity index (χ3n) is 4.43. The number of hydrogen-bond donors (Lipinski definition) is 1. The first-order chi connectivity index (χ1) is 12.2. The summed E-state index contributed by atoms with van der Waals surface area (Å²) < 4.78 is 6.67. The Balaban J connectivity index is 1.43. The van der Waals surface area contributed by atoms with E-state index < -0.39 is 5.97 Å². The molecule has 2 aromatic rings. The molecule has 1 aromatic carbocycles. The van der Waals surface area contributed by atoms with Crippen LogP contribution in [-0.2, 0) is 9.53 Å². The summed E-state index contributed by atoms with van der Waals surface area (Å²) >= 11 is 0. The van der Waals surface area contributed by atoms with Crippen molar-refractivity contribution in [2.75, 3.05) is 13.2 Å². The molecular weight excluding hydrogens is 320 g/mol. The molecule has 0 atom stereocenters. The molecule has 0 spiro atoms. The van der Waals surface area contributed by atoms with Gasteiger partial charge < -0.3 is 10.1 Å². The summed E-state index contributed by atoms with van der Waals surface area (Å²) in [5, 5.41) is 6.87. The summed E-state index contributed by atoms with van der Waals surface area (Å²) in [5.74, 6) is -0.214. The zero-order valence-electron chi connectivity index (χ0n) is 14.1. The van der Waals surface area contributed by atoms with Gasteiger partial charge in [0.1, 0.15) is 12.7 Å². The molecule has 1 aromatic heterocycles. The maximum Gasteiger partial charge on any atom is 0.338 e. The van der Waals surface area contributed by atoms with Crippen molar-refractivity contribution in [3.8, 4) is 5.69 Å².